The van der Waals surface area contributed by atoms with Gasteiger partial charge in [0, 0.05) is 20.1 Å². The van der Waals surface area contributed by atoms with Crippen LogP contribution in [0.3, 0.4) is 0 Å². The quantitative estimate of drug-likeness (QED) is 0.396. The van der Waals surface area contributed by atoms with Crippen LogP contribution in [-0.4, -0.2) is 44.1 Å². The number of aryl methyl sites for hydroxylation is 1. The van der Waals surface area contributed by atoms with Crippen LogP contribution in [0.5, 0.6) is 0 Å². The van der Waals surface area contributed by atoms with Crippen molar-refractivity contribution in [3.05, 3.63) is 35.4 Å². The van der Waals surface area contributed by atoms with Crippen LogP contribution in [0.2, 0.25) is 0 Å². The fourth-order valence-corrected chi connectivity index (χ4v) is 2.68. The largest absolute Gasteiger partial charge is 0.356 e. The van der Waals surface area contributed by atoms with Gasteiger partial charge in [-0.2, -0.15) is 0 Å². The maximum Gasteiger partial charge on any atom is 0.191 e. The zero-order valence-electron chi connectivity index (χ0n) is 15.4. The fraction of sp³-hybridized carbons (Fsp3) is 0.632. The molecule has 1 aromatic rings. The predicted molar refractivity (Wildman–Crippen MR) is 101 cm³/mol. The van der Waals surface area contributed by atoms with Gasteiger partial charge in [-0.1, -0.05) is 45.0 Å². The van der Waals surface area contributed by atoms with Gasteiger partial charge in [0.15, 0.2) is 5.96 Å². The Labute approximate surface area is 142 Å². The lowest BCUT2D eigenvalue weighted by Gasteiger charge is -2.18. The van der Waals surface area contributed by atoms with Crippen molar-refractivity contribution in [3.63, 3.8) is 0 Å². The second-order valence-electron chi connectivity index (χ2n) is 5.71. The van der Waals surface area contributed by atoms with E-state index in [1.165, 1.54) is 30.5 Å². The van der Waals surface area contributed by atoms with Crippen molar-refractivity contribution in [2.24, 2.45) is 4.99 Å². The molecule has 130 valence electrons. The lowest BCUT2D eigenvalue weighted by Crippen LogP contribution is -2.37. The highest BCUT2D eigenvalue weighted by molar-refractivity contribution is 5.79. The van der Waals surface area contributed by atoms with Gasteiger partial charge in [0.2, 0.25) is 0 Å². The van der Waals surface area contributed by atoms with Gasteiger partial charge in [-0.25, -0.2) is 0 Å². The maximum atomic E-state index is 4.31. The Bertz CT molecular complexity index is 452. The van der Waals surface area contributed by atoms with E-state index >= 15 is 0 Å². The summed E-state index contributed by atoms with van der Waals surface area (Å²) in [7, 11) is 1.83. The first kappa shape index (κ1) is 19.5. The summed E-state index contributed by atoms with van der Waals surface area (Å²) in [4.78, 5) is 6.77. The Kier molecular flexibility index (Phi) is 10.1. The normalized spacial score (nSPS) is 11.8. The molecule has 0 aliphatic carbocycles. The minimum atomic E-state index is 0.823. The zero-order chi connectivity index (χ0) is 16.9. The van der Waals surface area contributed by atoms with Gasteiger partial charge in [-0.15, -0.1) is 0 Å². The van der Waals surface area contributed by atoms with Gasteiger partial charge in [0.05, 0.1) is 0 Å². The Hall–Kier alpha value is -1.55. The van der Waals surface area contributed by atoms with E-state index in [1.807, 2.05) is 7.05 Å². The Morgan fingerprint density at radius 1 is 1.00 bits per heavy atom. The molecule has 0 heterocycles. The highest BCUT2D eigenvalue weighted by Gasteiger charge is 2.02. The van der Waals surface area contributed by atoms with E-state index in [9.17, 15) is 0 Å². The molecule has 23 heavy (non-hydrogen) atoms. The Balaban J connectivity index is 2.27. The van der Waals surface area contributed by atoms with Crippen molar-refractivity contribution in [2.75, 3.05) is 33.2 Å². The molecule has 1 rings (SSSR count). The number of hydrogen-bond donors (Lipinski definition) is 2. The molecule has 2 N–H and O–H groups in total. The first-order valence-corrected chi connectivity index (χ1v) is 8.98. The van der Waals surface area contributed by atoms with E-state index in [-0.39, 0.29) is 0 Å². The van der Waals surface area contributed by atoms with Crippen LogP contribution in [0.1, 0.15) is 44.7 Å². The molecular weight excluding hydrogens is 284 g/mol. The molecule has 4 heteroatoms. The van der Waals surface area contributed by atoms with Gasteiger partial charge in [-0.05, 0) is 50.0 Å². The minimum absolute atomic E-state index is 0.823. The number of guanidine groups is 1. The average molecular weight is 319 g/mol. The highest BCUT2D eigenvalue weighted by Crippen LogP contribution is 2.08. The third kappa shape index (κ3) is 7.51. The number of unbranched alkanes of at least 4 members (excludes halogenated alkanes) is 1. The third-order valence-electron chi connectivity index (χ3n) is 4.26. The smallest absolute Gasteiger partial charge is 0.191 e. The SMILES string of the molecule is CCc1ccccc1CNC(=NC)NCCCCN(CC)CC. The molecule has 0 aliphatic rings. The summed E-state index contributed by atoms with van der Waals surface area (Å²) in [5.41, 5.74) is 2.74. The number of rotatable bonds is 10. The summed E-state index contributed by atoms with van der Waals surface area (Å²) in [6, 6.07) is 8.58. The van der Waals surface area contributed by atoms with E-state index in [2.05, 4.69) is 65.6 Å². The van der Waals surface area contributed by atoms with Crippen molar-refractivity contribution >= 4 is 5.96 Å². The summed E-state index contributed by atoms with van der Waals surface area (Å²) in [6.07, 6.45) is 3.46. The number of nitrogens with one attached hydrogen (secondary N) is 2. The first-order valence-electron chi connectivity index (χ1n) is 8.98. The fourth-order valence-electron chi connectivity index (χ4n) is 2.68. The summed E-state index contributed by atoms with van der Waals surface area (Å²) < 4.78 is 0. The second-order valence-corrected chi connectivity index (χ2v) is 5.71. The lowest BCUT2D eigenvalue weighted by atomic mass is 10.1. The van der Waals surface area contributed by atoms with Crippen molar-refractivity contribution in [1.29, 1.82) is 0 Å². The molecule has 0 fully saturated rings. The summed E-state index contributed by atoms with van der Waals surface area (Å²) in [5.74, 6) is 0.888. The molecule has 0 saturated heterocycles. The van der Waals surface area contributed by atoms with Gasteiger partial charge < -0.3 is 15.5 Å². The van der Waals surface area contributed by atoms with Crippen LogP contribution in [0, 0.1) is 0 Å². The van der Waals surface area contributed by atoms with Gasteiger partial charge in [0.25, 0.3) is 0 Å². The summed E-state index contributed by atoms with van der Waals surface area (Å²) in [5, 5.41) is 6.82. The van der Waals surface area contributed by atoms with E-state index in [0.29, 0.717) is 0 Å². The predicted octanol–water partition coefficient (Wildman–Crippen LogP) is 3.04. The molecular formula is C19H34N4. The number of nitrogens with zero attached hydrogens (tertiary/aromatic N) is 2. The Morgan fingerprint density at radius 2 is 1.70 bits per heavy atom. The molecule has 0 unspecified atom stereocenters. The first-order chi connectivity index (χ1) is 11.2. The third-order valence-corrected chi connectivity index (χ3v) is 4.26. The van der Waals surface area contributed by atoms with Crippen molar-refractivity contribution in [2.45, 2.75) is 46.6 Å². The van der Waals surface area contributed by atoms with Crippen LogP contribution in [0.25, 0.3) is 0 Å². The zero-order valence-corrected chi connectivity index (χ0v) is 15.4. The number of hydrogen-bond acceptors (Lipinski definition) is 2. The second kappa shape index (κ2) is 11.9. The van der Waals surface area contributed by atoms with Crippen molar-refractivity contribution < 1.29 is 0 Å². The van der Waals surface area contributed by atoms with E-state index in [1.54, 1.807) is 0 Å². The molecule has 1 aromatic carbocycles. The molecule has 0 aliphatic heterocycles. The maximum absolute atomic E-state index is 4.31. The van der Waals surface area contributed by atoms with Crippen LogP contribution < -0.4 is 10.6 Å². The molecule has 0 amide bonds. The molecule has 0 bridgehead atoms. The lowest BCUT2D eigenvalue weighted by molar-refractivity contribution is 0.297. The van der Waals surface area contributed by atoms with Crippen molar-refractivity contribution in [1.82, 2.24) is 15.5 Å². The van der Waals surface area contributed by atoms with Crippen LogP contribution in [0.15, 0.2) is 29.3 Å². The summed E-state index contributed by atoms with van der Waals surface area (Å²) in [6.45, 7) is 11.9. The monoisotopic (exact) mass is 318 g/mol. The number of aliphatic imine (C=N–C) groups is 1. The van der Waals surface area contributed by atoms with Gasteiger partial charge in [0.1, 0.15) is 0 Å². The van der Waals surface area contributed by atoms with Crippen molar-refractivity contribution in [3.8, 4) is 0 Å². The number of benzene rings is 1. The Morgan fingerprint density at radius 3 is 2.30 bits per heavy atom. The van der Waals surface area contributed by atoms with Crippen LogP contribution in [0.4, 0.5) is 0 Å². The minimum Gasteiger partial charge on any atom is -0.356 e. The topological polar surface area (TPSA) is 39.7 Å². The average Bonchev–Trinajstić information content (AvgIpc) is 2.61. The molecule has 0 aromatic heterocycles. The van der Waals surface area contributed by atoms with Gasteiger partial charge >= 0.3 is 0 Å². The van der Waals surface area contributed by atoms with Crippen LogP contribution in [-0.2, 0) is 13.0 Å². The van der Waals surface area contributed by atoms with E-state index in [4.69, 9.17) is 0 Å². The highest BCUT2D eigenvalue weighted by atomic mass is 15.2. The summed E-state index contributed by atoms with van der Waals surface area (Å²) >= 11 is 0. The van der Waals surface area contributed by atoms with Crippen LogP contribution >= 0.6 is 0 Å². The van der Waals surface area contributed by atoms with E-state index < -0.39 is 0 Å². The molecule has 4 nitrogen and oxygen atoms in total. The molecule has 0 atom stereocenters. The van der Waals surface area contributed by atoms with E-state index in [0.717, 1.165) is 38.6 Å². The standard InChI is InChI=1S/C19H34N4/c1-5-17-12-8-9-13-18(17)16-22-19(20-4)21-14-10-11-15-23(6-2)7-3/h8-9,12-13H,5-7,10-11,14-16H2,1-4H3,(H2,20,21,22). The molecule has 0 radical (unpaired) electrons. The molecule has 0 saturated carbocycles. The van der Waals surface area contributed by atoms with Gasteiger partial charge in [-0.3, -0.25) is 4.99 Å². The molecule has 0 spiro atoms.